The van der Waals surface area contributed by atoms with Gasteiger partial charge < -0.3 is 14.2 Å². The first-order chi connectivity index (χ1) is 15.3. The van der Waals surface area contributed by atoms with E-state index in [1.165, 1.54) is 41.6 Å². The predicted octanol–water partition coefficient (Wildman–Crippen LogP) is 2.35. The highest BCUT2D eigenvalue weighted by atomic mass is 32.2. The number of nitro groups is 1. The van der Waals surface area contributed by atoms with Crippen LogP contribution < -0.4 is 4.80 Å². The highest BCUT2D eigenvalue weighted by Gasteiger charge is 2.23. The normalized spacial score (nSPS) is 16.9. The number of ether oxygens (including phenoxy) is 1. The van der Waals surface area contributed by atoms with Gasteiger partial charge in [-0.15, -0.1) is 11.8 Å². The van der Waals surface area contributed by atoms with Crippen molar-refractivity contribution in [1.82, 2.24) is 9.47 Å². The fourth-order valence-electron chi connectivity index (χ4n) is 3.52. The van der Waals surface area contributed by atoms with Crippen LogP contribution in [0, 0.1) is 10.1 Å². The number of carbonyl (C=O) groups excluding carboxylic acids is 3. The maximum atomic E-state index is 12.5. The molecule has 1 aliphatic rings. The zero-order chi connectivity index (χ0) is 23.3. The molecule has 1 saturated heterocycles. The van der Waals surface area contributed by atoms with Gasteiger partial charge in [-0.1, -0.05) is 11.3 Å². The molecule has 1 atom stereocenters. The fraction of sp³-hybridized carbons (Fsp3) is 0.500. The lowest BCUT2D eigenvalue weighted by Crippen LogP contribution is -2.43. The highest BCUT2D eigenvalue weighted by molar-refractivity contribution is 8.00. The highest BCUT2D eigenvalue weighted by Crippen LogP contribution is 2.23. The molecule has 10 nitrogen and oxygen atoms in total. The number of rotatable bonds is 7. The van der Waals surface area contributed by atoms with Crippen molar-refractivity contribution < 1.29 is 24.0 Å². The molecular weight excluding hydrogens is 456 g/mol. The molecule has 0 N–H and O–H groups in total. The molecule has 2 amide bonds. The SMILES string of the molecule is COC(=O)Cn1c(=NC(=O)CSCC(=O)N2CCCCC2C)sc2cc([N+](=O)[O-])ccc21. The maximum Gasteiger partial charge on any atom is 0.325 e. The Kier molecular flexibility index (Phi) is 8.02. The van der Waals surface area contributed by atoms with E-state index in [4.69, 9.17) is 4.74 Å². The van der Waals surface area contributed by atoms with E-state index in [0.717, 1.165) is 37.1 Å². The molecule has 172 valence electrons. The number of fused-ring (bicyclic) bond motifs is 1. The molecule has 2 aromatic rings. The van der Waals surface area contributed by atoms with Crippen LogP contribution in [0.2, 0.25) is 0 Å². The van der Waals surface area contributed by atoms with Crippen LogP contribution in [0.25, 0.3) is 10.2 Å². The largest absolute Gasteiger partial charge is 0.468 e. The molecule has 0 saturated carbocycles. The quantitative estimate of drug-likeness (QED) is 0.338. The lowest BCUT2D eigenvalue weighted by Gasteiger charge is -2.33. The van der Waals surface area contributed by atoms with Crippen molar-refractivity contribution in [3.05, 3.63) is 33.1 Å². The Morgan fingerprint density at radius 3 is 2.78 bits per heavy atom. The summed E-state index contributed by atoms with van der Waals surface area (Å²) in [7, 11) is 1.25. The summed E-state index contributed by atoms with van der Waals surface area (Å²) in [5, 5.41) is 11.1. The number of hydrogen-bond acceptors (Lipinski definition) is 8. The van der Waals surface area contributed by atoms with E-state index in [9.17, 15) is 24.5 Å². The third-order valence-corrected chi connectivity index (χ3v) is 7.13. The van der Waals surface area contributed by atoms with E-state index in [0.29, 0.717) is 10.2 Å². The minimum atomic E-state index is -0.535. The van der Waals surface area contributed by atoms with E-state index in [1.54, 1.807) is 0 Å². The Balaban J connectivity index is 1.75. The van der Waals surface area contributed by atoms with Gasteiger partial charge in [0.15, 0.2) is 4.80 Å². The monoisotopic (exact) mass is 480 g/mol. The van der Waals surface area contributed by atoms with E-state index in [1.807, 2.05) is 11.8 Å². The van der Waals surface area contributed by atoms with E-state index in [2.05, 4.69) is 4.99 Å². The van der Waals surface area contributed by atoms with Gasteiger partial charge in [-0.3, -0.25) is 24.5 Å². The number of thioether (sulfide) groups is 1. The topological polar surface area (TPSA) is 124 Å². The number of benzene rings is 1. The summed E-state index contributed by atoms with van der Waals surface area (Å²) in [6.07, 6.45) is 3.12. The molecule has 1 aromatic heterocycles. The number of piperidine rings is 1. The van der Waals surface area contributed by atoms with E-state index >= 15 is 0 Å². The third kappa shape index (κ3) is 5.74. The van der Waals surface area contributed by atoms with Gasteiger partial charge >= 0.3 is 5.97 Å². The molecule has 3 rings (SSSR count). The summed E-state index contributed by atoms with van der Waals surface area (Å²) in [5.41, 5.74) is 0.447. The van der Waals surface area contributed by atoms with Crippen LogP contribution in [-0.4, -0.2) is 63.4 Å². The van der Waals surface area contributed by atoms with Crippen molar-refractivity contribution >= 4 is 56.8 Å². The minimum Gasteiger partial charge on any atom is -0.468 e. The van der Waals surface area contributed by atoms with Crippen molar-refractivity contribution in [3.8, 4) is 0 Å². The molecule has 0 bridgehead atoms. The lowest BCUT2D eigenvalue weighted by atomic mass is 10.0. The average molecular weight is 481 g/mol. The van der Waals surface area contributed by atoms with Crippen molar-refractivity contribution in [3.63, 3.8) is 0 Å². The molecule has 2 heterocycles. The fourth-order valence-corrected chi connectivity index (χ4v) is 5.28. The number of aromatic nitrogens is 1. The van der Waals surface area contributed by atoms with Crippen molar-refractivity contribution in [2.24, 2.45) is 4.99 Å². The number of esters is 1. The Hall–Kier alpha value is -2.73. The van der Waals surface area contributed by atoms with Crippen molar-refractivity contribution in [2.45, 2.75) is 38.8 Å². The average Bonchev–Trinajstić information content (AvgIpc) is 3.09. The van der Waals surface area contributed by atoms with Crippen molar-refractivity contribution in [1.29, 1.82) is 0 Å². The zero-order valence-electron chi connectivity index (χ0n) is 17.8. The van der Waals surface area contributed by atoms with E-state index < -0.39 is 16.8 Å². The summed E-state index contributed by atoms with van der Waals surface area (Å²) in [5.74, 6) is -0.751. The number of likely N-dealkylation sites (tertiary alicyclic amines) is 1. The summed E-state index contributed by atoms with van der Waals surface area (Å²) in [6.45, 7) is 2.60. The third-order valence-electron chi connectivity index (χ3n) is 5.19. The molecule has 32 heavy (non-hydrogen) atoms. The Morgan fingerprint density at radius 2 is 2.09 bits per heavy atom. The standard InChI is InChI=1S/C20H24N4O6S2/c1-13-5-3-4-8-22(13)18(26)12-31-11-17(25)21-20-23(10-19(27)30-2)15-7-6-14(24(28)29)9-16(15)32-20/h6-7,9,13H,3-5,8,10-12H2,1-2H3. The second-order valence-electron chi connectivity index (χ2n) is 7.39. The van der Waals surface area contributed by atoms with Gasteiger partial charge in [0, 0.05) is 24.7 Å². The second kappa shape index (κ2) is 10.7. The van der Waals surface area contributed by atoms with Gasteiger partial charge in [0.2, 0.25) is 5.91 Å². The molecule has 0 radical (unpaired) electrons. The number of nitrogens with zero attached hydrogens (tertiary/aromatic N) is 4. The number of thiazole rings is 1. The molecule has 1 fully saturated rings. The Morgan fingerprint density at radius 1 is 1.31 bits per heavy atom. The van der Waals surface area contributed by atoms with Gasteiger partial charge in [0.05, 0.1) is 33.8 Å². The first-order valence-electron chi connectivity index (χ1n) is 10.1. The Bertz CT molecular complexity index is 1110. The summed E-state index contributed by atoms with van der Waals surface area (Å²) < 4.78 is 6.74. The summed E-state index contributed by atoms with van der Waals surface area (Å²) >= 11 is 2.28. The second-order valence-corrected chi connectivity index (χ2v) is 9.38. The van der Waals surface area contributed by atoms with Gasteiger partial charge in [-0.2, -0.15) is 4.99 Å². The lowest BCUT2D eigenvalue weighted by molar-refractivity contribution is -0.384. The Labute approximate surface area is 192 Å². The van der Waals surface area contributed by atoms with Crippen molar-refractivity contribution in [2.75, 3.05) is 25.2 Å². The number of methoxy groups -OCH3 is 1. The number of non-ortho nitro benzene ring substituents is 1. The van der Waals surface area contributed by atoms with Gasteiger partial charge in [-0.05, 0) is 32.3 Å². The van der Waals surface area contributed by atoms with Crippen LogP contribution in [0.4, 0.5) is 5.69 Å². The number of amides is 2. The molecular formula is C20H24N4O6S2. The van der Waals surface area contributed by atoms with Crippen LogP contribution in [0.1, 0.15) is 26.2 Å². The smallest absolute Gasteiger partial charge is 0.325 e. The maximum absolute atomic E-state index is 12.5. The molecule has 0 aliphatic carbocycles. The minimum absolute atomic E-state index is 0.0145. The van der Waals surface area contributed by atoms with Gasteiger partial charge in [0.1, 0.15) is 6.54 Å². The predicted molar refractivity (Wildman–Crippen MR) is 121 cm³/mol. The van der Waals surface area contributed by atoms with E-state index in [-0.39, 0.29) is 40.5 Å². The number of hydrogen-bond donors (Lipinski definition) is 0. The molecule has 1 aromatic carbocycles. The van der Waals surface area contributed by atoms with Crippen LogP contribution in [-0.2, 0) is 25.7 Å². The molecule has 1 unspecified atom stereocenters. The first-order valence-corrected chi connectivity index (χ1v) is 12.1. The van der Waals surface area contributed by atoms with Crippen LogP contribution >= 0.6 is 23.1 Å². The molecule has 12 heteroatoms. The number of nitro benzene ring substituents is 1. The van der Waals surface area contributed by atoms with Gasteiger partial charge in [0.25, 0.3) is 11.6 Å². The van der Waals surface area contributed by atoms with Gasteiger partial charge in [-0.25, -0.2) is 0 Å². The summed E-state index contributed by atoms with van der Waals surface area (Å²) in [6, 6.07) is 4.45. The zero-order valence-corrected chi connectivity index (χ0v) is 19.4. The summed E-state index contributed by atoms with van der Waals surface area (Å²) in [4.78, 5) is 53.5. The first kappa shape index (κ1) is 23.9. The van der Waals surface area contributed by atoms with Crippen LogP contribution in [0.15, 0.2) is 23.2 Å². The molecule has 0 spiro atoms. The van der Waals surface area contributed by atoms with Crippen LogP contribution in [0.3, 0.4) is 0 Å². The van der Waals surface area contributed by atoms with Crippen LogP contribution in [0.5, 0.6) is 0 Å². The molecule has 1 aliphatic heterocycles. The number of carbonyl (C=O) groups is 3.